The molecule has 1 aromatic carbocycles. The van der Waals surface area contributed by atoms with Crippen molar-refractivity contribution in [2.24, 2.45) is 0 Å². The zero-order valence-corrected chi connectivity index (χ0v) is 16.4. The van der Waals surface area contributed by atoms with Crippen LogP contribution in [-0.2, 0) is 21.8 Å². The summed E-state index contributed by atoms with van der Waals surface area (Å²) in [6.07, 6.45) is 0. The number of benzene rings is 1. The average molecular weight is 400 g/mol. The van der Waals surface area contributed by atoms with Gasteiger partial charge in [0.15, 0.2) is 23.3 Å². The Hall–Kier alpha value is -0.826. The van der Waals surface area contributed by atoms with E-state index >= 15 is 0 Å². The van der Waals surface area contributed by atoms with Crippen LogP contribution in [0.3, 0.4) is 0 Å². The molecule has 0 saturated heterocycles. The molecule has 2 rings (SSSR count). The summed E-state index contributed by atoms with van der Waals surface area (Å²) in [7, 11) is -8.21. The van der Waals surface area contributed by atoms with E-state index < -0.39 is 51.3 Å². The quantitative estimate of drug-likeness (QED) is 0.288. The third-order valence-corrected chi connectivity index (χ3v) is 10.7. The molecule has 0 amide bonds. The van der Waals surface area contributed by atoms with E-state index in [1.165, 1.54) is 0 Å². The first-order valence-corrected chi connectivity index (χ1v) is 11.4. The number of rotatable bonds is 8. The van der Waals surface area contributed by atoms with Gasteiger partial charge in [0.25, 0.3) is 0 Å². The summed E-state index contributed by atoms with van der Waals surface area (Å²) < 4.78 is 84.9. The van der Waals surface area contributed by atoms with Crippen molar-refractivity contribution < 1.29 is 39.4 Å². The molecule has 5 nitrogen and oxygen atoms in total. The molecule has 0 fully saturated rings. The van der Waals surface area contributed by atoms with Gasteiger partial charge in [-0.2, -0.15) is 0 Å². The first-order valence-electron chi connectivity index (χ1n) is 7.96. The topological polar surface area (TPSA) is 46.2 Å². The van der Waals surface area contributed by atoms with E-state index in [4.69, 9.17) is 21.8 Å². The Morgan fingerprint density at radius 3 is 1.12 bits per heavy atom. The van der Waals surface area contributed by atoms with Crippen molar-refractivity contribution in [2.75, 3.05) is 26.4 Å². The Balaban J connectivity index is 2.86. The summed E-state index contributed by atoms with van der Waals surface area (Å²) in [4.78, 5) is 0. The molecule has 1 aromatic rings. The summed E-state index contributed by atoms with van der Waals surface area (Å²) in [5.74, 6) is -7.10. The van der Waals surface area contributed by atoms with Crippen LogP contribution in [-0.4, -0.2) is 44.0 Å². The third kappa shape index (κ3) is 3.18. The minimum Gasteiger partial charge on any atom is -0.371 e. The van der Waals surface area contributed by atoms with Gasteiger partial charge in [-0.25, -0.2) is 17.6 Å². The lowest BCUT2D eigenvalue weighted by molar-refractivity contribution is 0.0731. The van der Waals surface area contributed by atoms with Crippen molar-refractivity contribution in [3.8, 4) is 0 Å². The predicted octanol–water partition coefficient (Wildman–Crippen LogP) is 1.71. The molecule has 25 heavy (non-hydrogen) atoms. The van der Waals surface area contributed by atoms with Gasteiger partial charge in [-0.15, -0.1) is 0 Å². The molecule has 11 heteroatoms. The van der Waals surface area contributed by atoms with Crippen molar-refractivity contribution in [2.45, 2.75) is 27.7 Å². The van der Waals surface area contributed by atoms with Crippen LogP contribution in [0.15, 0.2) is 0 Å². The Kier molecular flexibility index (Phi) is 6.41. The minimum absolute atomic E-state index is 0.0223. The summed E-state index contributed by atoms with van der Waals surface area (Å²) in [6, 6.07) is 0. The highest BCUT2D eigenvalue weighted by Gasteiger charge is 2.69. The van der Waals surface area contributed by atoms with Crippen LogP contribution in [0.2, 0.25) is 0 Å². The molecule has 0 radical (unpaired) electrons. The Labute approximate surface area is 145 Å². The molecule has 142 valence electrons. The molecule has 0 atom stereocenters. The van der Waals surface area contributed by atoms with E-state index in [-0.39, 0.29) is 26.4 Å². The smallest absolute Gasteiger partial charge is 0.371 e. The first kappa shape index (κ1) is 20.5. The first-order chi connectivity index (χ1) is 11.8. The molecule has 1 aliphatic heterocycles. The van der Waals surface area contributed by atoms with Gasteiger partial charge in [0.2, 0.25) is 0 Å². The summed E-state index contributed by atoms with van der Waals surface area (Å²) >= 11 is 0. The largest absolute Gasteiger partial charge is 0.533 e. The van der Waals surface area contributed by atoms with E-state index in [0.717, 1.165) is 0 Å². The van der Waals surface area contributed by atoms with Crippen molar-refractivity contribution in [3.05, 3.63) is 23.3 Å². The molecule has 1 aliphatic rings. The lowest BCUT2D eigenvalue weighted by atomic mass is 10.3. The number of fused-ring (bicyclic) bond motifs is 1. The predicted molar refractivity (Wildman–Crippen MR) is 84.6 cm³/mol. The number of hydrogen-bond acceptors (Lipinski definition) is 5. The number of halogens is 4. The second kappa shape index (κ2) is 7.82. The molecule has 0 bridgehead atoms. The van der Waals surface area contributed by atoms with Gasteiger partial charge < -0.3 is 21.8 Å². The SMILES string of the molecule is CCO[Si]1(OCC)O[Si](OCC)(OCC)c2c(F)c(F)c(F)c(F)c21. The molecule has 0 N–H and O–H groups in total. The van der Waals surface area contributed by atoms with Crippen LogP contribution in [0.5, 0.6) is 0 Å². The van der Waals surface area contributed by atoms with Gasteiger partial charge in [-0.3, -0.25) is 0 Å². The highest BCUT2D eigenvalue weighted by Crippen LogP contribution is 2.30. The highest BCUT2D eigenvalue weighted by atomic mass is 28.5. The van der Waals surface area contributed by atoms with Gasteiger partial charge in [-0.05, 0) is 27.7 Å². The van der Waals surface area contributed by atoms with Crippen LogP contribution in [0.25, 0.3) is 0 Å². The van der Waals surface area contributed by atoms with Gasteiger partial charge in [-0.1, -0.05) is 0 Å². The van der Waals surface area contributed by atoms with E-state index in [0.29, 0.717) is 0 Å². The maximum atomic E-state index is 14.6. The fourth-order valence-corrected chi connectivity index (χ4v) is 10.7. The molecule has 0 saturated carbocycles. The molecule has 1 heterocycles. The van der Waals surface area contributed by atoms with Crippen LogP contribution in [0.1, 0.15) is 27.7 Å². The zero-order chi connectivity index (χ0) is 18.8. The van der Waals surface area contributed by atoms with Crippen molar-refractivity contribution >= 4 is 28.0 Å². The van der Waals surface area contributed by atoms with Crippen molar-refractivity contribution in [3.63, 3.8) is 0 Å². The lowest BCUT2D eigenvalue weighted by Gasteiger charge is -2.29. The monoisotopic (exact) mass is 400 g/mol. The second-order valence-corrected chi connectivity index (χ2v) is 10.1. The fraction of sp³-hybridized carbons (Fsp3) is 0.571. The van der Waals surface area contributed by atoms with Gasteiger partial charge in [0, 0.05) is 26.4 Å². The van der Waals surface area contributed by atoms with Crippen molar-refractivity contribution in [1.29, 1.82) is 0 Å². The van der Waals surface area contributed by atoms with Gasteiger partial charge in [0.05, 0.1) is 10.4 Å². The normalized spacial score (nSPS) is 17.8. The molecular weight excluding hydrogens is 380 g/mol. The molecule has 0 aromatic heterocycles. The van der Waals surface area contributed by atoms with E-state index in [9.17, 15) is 17.6 Å². The Bertz CT molecular complexity index is 581. The van der Waals surface area contributed by atoms with Crippen LogP contribution < -0.4 is 10.4 Å². The summed E-state index contributed by atoms with van der Waals surface area (Å²) in [5, 5.41) is -1.16. The Morgan fingerprint density at radius 2 is 0.880 bits per heavy atom. The lowest BCUT2D eigenvalue weighted by Crippen LogP contribution is -2.57. The molecule has 0 unspecified atom stereocenters. The maximum absolute atomic E-state index is 14.6. The van der Waals surface area contributed by atoms with Gasteiger partial charge in [0.1, 0.15) is 0 Å². The standard InChI is InChI=1S/C14H20F4O5Si2/c1-5-19-24(20-6-2)13-11(17)9(15)10(16)12(18)14(13)25(23-24,21-7-3)22-8-4/h5-8H2,1-4H3. The minimum atomic E-state index is -4.10. The van der Waals surface area contributed by atoms with Crippen LogP contribution in [0.4, 0.5) is 17.6 Å². The average Bonchev–Trinajstić information content (AvgIpc) is 2.82. The molecule has 0 spiro atoms. The second-order valence-electron chi connectivity index (χ2n) is 4.95. The molecular formula is C14H20F4O5Si2. The van der Waals surface area contributed by atoms with Crippen LogP contribution in [0, 0.1) is 23.3 Å². The van der Waals surface area contributed by atoms with Gasteiger partial charge >= 0.3 is 17.6 Å². The summed E-state index contributed by atoms with van der Waals surface area (Å²) in [6.45, 7) is 6.45. The highest BCUT2D eigenvalue weighted by molar-refractivity contribution is 6.98. The van der Waals surface area contributed by atoms with E-state index in [1.54, 1.807) is 27.7 Å². The number of hydrogen-bond donors (Lipinski definition) is 0. The zero-order valence-electron chi connectivity index (χ0n) is 14.4. The van der Waals surface area contributed by atoms with Crippen molar-refractivity contribution in [1.82, 2.24) is 0 Å². The third-order valence-electron chi connectivity index (χ3n) is 3.49. The van der Waals surface area contributed by atoms with E-state index in [1.807, 2.05) is 0 Å². The van der Waals surface area contributed by atoms with E-state index in [2.05, 4.69) is 0 Å². The fourth-order valence-electron chi connectivity index (χ4n) is 2.74. The maximum Gasteiger partial charge on any atom is 0.533 e. The summed E-state index contributed by atoms with van der Waals surface area (Å²) in [5.41, 5.74) is 0. The molecule has 0 aliphatic carbocycles. The Morgan fingerprint density at radius 1 is 0.600 bits per heavy atom. The van der Waals surface area contributed by atoms with Crippen LogP contribution >= 0.6 is 0 Å².